The Balaban J connectivity index is 0.000000244. The molecule has 3 rings (SSSR count). The zero-order valence-electron chi connectivity index (χ0n) is 12.2. The fourth-order valence-electron chi connectivity index (χ4n) is 1.67. The van der Waals surface area contributed by atoms with E-state index in [0.717, 1.165) is 10.6 Å². The molecule has 0 fully saturated rings. The van der Waals surface area contributed by atoms with Crippen LogP contribution in [-0.2, 0) is 13.2 Å². The Morgan fingerprint density at radius 1 is 0.565 bits per heavy atom. The number of benzene rings is 3. The third-order valence-electron chi connectivity index (χ3n) is 2.67. The van der Waals surface area contributed by atoms with Gasteiger partial charge in [-0.05, 0) is 0 Å². The number of rotatable bonds is 2. The van der Waals surface area contributed by atoms with Crippen molar-refractivity contribution in [1.29, 1.82) is 0 Å². The van der Waals surface area contributed by atoms with Crippen molar-refractivity contribution in [2.45, 2.75) is 0 Å². The summed E-state index contributed by atoms with van der Waals surface area (Å²) in [5.41, 5.74) is 0. The molecule has 0 aromatic heterocycles. The minimum atomic E-state index is -1.17. The monoisotopic (exact) mass is 540 g/mol. The average Bonchev–Trinajstić information content (AvgIpc) is 2.65. The SMILES string of the molecule is OP(c1ccccc1)c1ccccc1.[Br][Ru][Br].c1ccccc1. The summed E-state index contributed by atoms with van der Waals surface area (Å²) in [4.78, 5) is 10.1. The van der Waals surface area contributed by atoms with E-state index in [1.807, 2.05) is 97.1 Å². The summed E-state index contributed by atoms with van der Waals surface area (Å²) in [6, 6.07) is 31.5. The van der Waals surface area contributed by atoms with Crippen LogP contribution in [0, 0.1) is 0 Å². The van der Waals surface area contributed by atoms with Crippen molar-refractivity contribution in [3.8, 4) is 0 Å². The van der Waals surface area contributed by atoms with E-state index >= 15 is 0 Å². The molecule has 1 nitrogen and oxygen atoms in total. The summed E-state index contributed by atoms with van der Waals surface area (Å²) in [6.07, 6.45) is 0. The van der Waals surface area contributed by atoms with Gasteiger partial charge in [-0.15, -0.1) is 0 Å². The maximum atomic E-state index is 10.1. The Kier molecular flexibility index (Phi) is 12.6. The predicted molar refractivity (Wildman–Crippen MR) is 106 cm³/mol. The molecule has 122 valence electrons. The molecular weight excluding hydrogens is 524 g/mol. The summed E-state index contributed by atoms with van der Waals surface area (Å²) in [5.74, 6) is 0. The minimum Gasteiger partial charge on any atom is -0.0623 e. The molecule has 0 amide bonds. The van der Waals surface area contributed by atoms with Crippen molar-refractivity contribution in [3.63, 3.8) is 0 Å². The molecule has 0 bridgehead atoms. The van der Waals surface area contributed by atoms with Crippen molar-refractivity contribution in [1.82, 2.24) is 0 Å². The van der Waals surface area contributed by atoms with Gasteiger partial charge in [-0.2, -0.15) is 0 Å². The molecule has 5 heteroatoms. The van der Waals surface area contributed by atoms with E-state index in [1.54, 1.807) is 0 Å². The Morgan fingerprint density at radius 3 is 1.04 bits per heavy atom. The van der Waals surface area contributed by atoms with Gasteiger partial charge in [0.05, 0.1) is 8.15 Å². The van der Waals surface area contributed by atoms with Crippen LogP contribution in [0.3, 0.4) is 0 Å². The van der Waals surface area contributed by atoms with E-state index in [2.05, 4.69) is 27.2 Å². The maximum absolute atomic E-state index is 10.1. The van der Waals surface area contributed by atoms with Gasteiger partial charge in [0.1, 0.15) is 0 Å². The number of halogens is 2. The van der Waals surface area contributed by atoms with E-state index in [-0.39, 0.29) is 0 Å². The molecule has 1 N–H and O–H groups in total. The molecule has 0 unspecified atom stereocenters. The normalized spacial score (nSPS) is 9.39. The van der Waals surface area contributed by atoms with Crippen LogP contribution in [0.2, 0.25) is 0 Å². The molecule has 23 heavy (non-hydrogen) atoms. The Hall–Kier alpha value is -0.367. The molecule has 0 aliphatic carbocycles. The molecule has 0 atom stereocenters. The minimum absolute atomic E-state index is 0.335. The third-order valence-corrected chi connectivity index (χ3v) is 4.24. The van der Waals surface area contributed by atoms with Gasteiger partial charge in [-0.25, -0.2) is 0 Å². The first-order valence-corrected chi connectivity index (χ1v) is 16.0. The van der Waals surface area contributed by atoms with Crippen LogP contribution in [-0.4, -0.2) is 4.89 Å². The van der Waals surface area contributed by atoms with Crippen LogP contribution in [0.4, 0.5) is 0 Å². The van der Waals surface area contributed by atoms with Gasteiger partial charge >= 0.3 is 40.5 Å². The van der Waals surface area contributed by atoms with Crippen molar-refractivity contribution in [2.75, 3.05) is 0 Å². The van der Waals surface area contributed by atoms with Gasteiger partial charge < -0.3 is 4.89 Å². The largest absolute Gasteiger partial charge is 0.0623 e. The Morgan fingerprint density at radius 2 is 0.783 bits per heavy atom. The van der Waals surface area contributed by atoms with Crippen LogP contribution < -0.4 is 10.6 Å². The van der Waals surface area contributed by atoms with Crippen molar-refractivity contribution in [2.24, 2.45) is 0 Å². The van der Waals surface area contributed by atoms with E-state index in [1.165, 1.54) is 0 Å². The van der Waals surface area contributed by atoms with Gasteiger partial charge in [0.25, 0.3) is 0 Å². The Bertz CT molecular complexity index is 546. The van der Waals surface area contributed by atoms with Crippen LogP contribution in [0.15, 0.2) is 97.1 Å². The molecule has 0 saturated carbocycles. The molecule has 0 saturated heterocycles. The molecule has 3 aromatic rings. The second kappa shape index (κ2) is 14.0. The smallest absolute Gasteiger partial charge is 0.0623 e. The van der Waals surface area contributed by atoms with Gasteiger partial charge in [0.2, 0.25) is 0 Å². The molecule has 0 heterocycles. The first kappa shape index (κ1) is 20.7. The average molecular weight is 541 g/mol. The second-order valence-electron chi connectivity index (χ2n) is 4.19. The molecule has 0 aliphatic rings. The summed E-state index contributed by atoms with van der Waals surface area (Å²) in [6.45, 7) is 0. The molecule has 0 spiro atoms. The van der Waals surface area contributed by atoms with Gasteiger partial charge in [0, 0.05) is 10.6 Å². The summed E-state index contributed by atoms with van der Waals surface area (Å²) >= 11 is 6.64. The van der Waals surface area contributed by atoms with Crippen molar-refractivity contribution < 1.29 is 18.1 Å². The van der Waals surface area contributed by atoms with Gasteiger partial charge in [0.15, 0.2) is 0 Å². The van der Waals surface area contributed by atoms with E-state index in [0.29, 0.717) is 13.2 Å². The van der Waals surface area contributed by atoms with Crippen LogP contribution >= 0.6 is 35.4 Å². The zero-order chi connectivity index (χ0) is 16.8. The molecule has 3 aromatic carbocycles. The molecule has 0 aliphatic heterocycles. The van der Waals surface area contributed by atoms with Gasteiger partial charge in [-0.3, -0.25) is 0 Å². The number of hydrogen-bond donors (Lipinski definition) is 1. The Labute approximate surface area is 160 Å². The van der Waals surface area contributed by atoms with E-state index in [9.17, 15) is 4.89 Å². The first-order valence-electron chi connectivity index (χ1n) is 6.74. The fraction of sp³-hybridized carbons (Fsp3) is 0. The molecular formula is C18H17Br2OPRu. The van der Waals surface area contributed by atoms with Gasteiger partial charge in [-0.1, -0.05) is 97.1 Å². The van der Waals surface area contributed by atoms with Crippen LogP contribution in [0.1, 0.15) is 0 Å². The third kappa shape index (κ3) is 9.50. The van der Waals surface area contributed by atoms with Crippen molar-refractivity contribution >= 4 is 46.0 Å². The number of hydrogen-bond acceptors (Lipinski definition) is 1. The summed E-state index contributed by atoms with van der Waals surface area (Å²) in [7, 11) is -1.17. The summed E-state index contributed by atoms with van der Waals surface area (Å²) < 4.78 is 0. The first-order chi connectivity index (χ1) is 11.3. The maximum Gasteiger partial charge on any atom is -0.0623 e. The topological polar surface area (TPSA) is 20.2 Å². The van der Waals surface area contributed by atoms with Crippen LogP contribution in [0.25, 0.3) is 0 Å². The van der Waals surface area contributed by atoms with Crippen molar-refractivity contribution in [3.05, 3.63) is 97.1 Å². The fourth-order valence-corrected chi connectivity index (χ4v) is 2.88. The van der Waals surface area contributed by atoms with Crippen LogP contribution in [0.5, 0.6) is 0 Å². The van der Waals surface area contributed by atoms with E-state index < -0.39 is 8.15 Å². The predicted octanol–water partition coefficient (Wildman–Crippen LogP) is 5.40. The standard InChI is InChI=1S/C12H11OP.C6H6.2BrH.Ru/c13-14(11-7-3-1-4-8-11)12-9-5-2-6-10-12;1-2-4-6-5-3-1;;;/h1-10,13H;1-6H;2*1H;/q;;;;+2/p-2. The quantitative estimate of drug-likeness (QED) is 0.341. The summed E-state index contributed by atoms with van der Waals surface area (Å²) in [5, 5.41) is 1.99. The molecule has 0 radical (unpaired) electrons. The van der Waals surface area contributed by atoms with E-state index in [4.69, 9.17) is 0 Å². The second-order valence-corrected chi connectivity index (χ2v) is 13.9. The zero-order valence-corrected chi connectivity index (χ0v) is 18.0.